The lowest BCUT2D eigenvalue weighted by Gasteiger charge is -2.22. The Kier molecular flexibility index (Phi) is 9.63. The highest BCUT2D eigenvalue weighted by atomic mass is 19.1. The molecule has 1 N–H and O–H groups in total. The van der Waals surface area contributed by atoms with Gasteiger partial charge in [-0.3, -0.25) is 0 Å². The third-order valence-corrected chi connectivity index (χ3v) is 5.79. The van der Waals surface area contributed by atoms with Gasteiger partial charge in [0.15, 0.2) is 5.82 Å². The van der Waals surface area contributed by atoms with Crippen LogP contribution in [0.3, 0.4) is 0 Å². The van der Waals surface area contributed by atoms with E-state index in [9.17, 15) is 8.78 Å². The lowest BCUT2D eigenvalue weighted by Crippen LogP contribution is -2.25. The Morgan fingerprint density at radius 2 is 1.78 bits per heavy atom. The summed E-state index contributed by atoms with van der Waals surface area (Å²) < 4.78 is 34.6. The topological polar surface area (TPSA) is 37.4 Å². The number of nitrogens with one attached hydrogen (secondary N) is 1. The van der Waals surface area contributed by atoms with Gasteiger partial charge < -0.3 is 15.0 Å². The monoisotopic (exact) mass is 445 g/mol. The van der Waals surface area contributed by atoms with Crippen molar-refractivity contribution in [2.24, 2.45) is 0 Å². The molecule has 1 atom stereocenters. The van der Waals surface area contributed by atoms with E-state index >= 15 is 0 Å². The van der Waals surface area contributed by atoms with Crippen LogP contribution in [0.25, 0.3) is 21.8 Å². The maximum Gasteiger partial charge on any atom is 0.155 e. The van der Waals surface area contributed by atoms with Crippen molar-refractivity contribution in [2.75, 3.05) is 32.1 Å². The molecule has 3 rings (SSSR count). The molecule has 0 fully saturated rings. The van der Waals surface area contributed by atoms with Crippen molar-refractivity contribution in [3.8, 4) is 5.75 Å². The molecule has 0 aliphatic heterocycles. The van der Waals surface area contributed by atoms with Crippen LogP contribution >= 0.6 is 0 Å². The van der Waals surface area contributed by atoms with Crippen molar-refractivity contribution in [1.29, 1.82) is 0 Å². The van der Waals surface area contributed by atoms with E-state index in [1.54, 1.807) is 13.2 Å². The average Bonchev–Trinajstić information content (AvgIpc) is 2.82. The SMILES string of the molecule is CC.CCN(CC)CCCC(C)Nc1c2cc(OC)ccc2nc2c(F)c(C)c(F)cc12. The van der Waals surface area contributed by atoms with E-state index in [0.717, 1.165) is 37.9 Å². The lowest BCUT2D eigenvalue weighted by molar-refractivity contribution is 0.295. The zero-order chi connectivity index (χ0) is 23.8. The Bertz CT molecular complexity index is 1030. The van der Waals surface area contributed by atoms with Crippen LogP contribution in [0.2, 0.25) is 0 Å². The first-order chi connectivity index (χ1) is 15.4. The number of hydrogen-bond acceptors (Lipinski definition) is 4. The second kappa shape index (κ2) is 12.0. The van der Waals surface area contributed by atoms with Crippen molar-refractivity contribution >= 4 is 27.5 Å². The van der Waals surface area contributed by atoms with Gasteiger partial charge in [0, 0.05) is 22.4 Å². The molecule has 0 bridgehead atoms. The van der Waals surface area contributed by atoms with Crippen LogP contribution in [0, 0.1) is 18.6 Å². The molecule has 1 unspecified atom stereocenters. The van der Waals surface area contributed by atoms with Crippen molar-refractivity contribution in [3.05, 3.63) is 41.5 Å². The fourth-order valence-electron chi connectivity index (χ4n) is 3.84. The quantitative estimate of drug-likeness (QED) is 0.362. The maximum absolute atomic E-state index is 14.9. The second-order valence-corrected chi connectivity index (χ2v) is 7.78. The van der Waals surface area contributed by atoms with Gasteiger partial charge in [0.05, 0.1) is 18.3 Å². The number of pyridine rings is 1. The normalized spacial score (nSPS) is 12.1. The molecule has 6 heteroatoms. The van der Waals surface area contributed by atoms with Gasteiger partial charge in [0.25, 0.3) is 0 Å². The van der Waals surface area contributed by atoms with E-state index in [2.05, 4.69) is 36.0 Å². The van der Waals surface area contributed by atoms with E-state index in [4.69, 9.17) is 4.74 Å². The summed E-state index contributed by atoms with van der Waals surface area (Å²) in [5.74, 6) is -0.504. The molecule has 1 aromatic heterocycles. The summed E-state index contributed by atoms with van der Waals surface area (Å²) in [4.78, 5) is 6.88. The lowest BCUT2D eigenvalue weighted by atomic mass is 10.0. The van der Waals surface area contributed by atoms with Crippen molar-refractivity contribution < 1.29 is 13.5 Å². The number of fused-ring (bicyclic) bond motifs is 2. The van der Waals surface area contributed by atoms with Gasteiger partial charge >= 0.3 is 0 Å². The van der Waals surface area contributed by atoms with Gasteiger partial charge in [-0.2, -0.15) is 0 Å². The van der Waals surface area contributed by atoms with Crippen molar-refractivity contribution in [1.82, 2.24) is 9.88 Å². The van der Waals surface area contributed by atoms with Gasteiger partial charge in [-0.05, 0) is 70.6 Å². The number of aromatic nitrogens is 1. The number of methoxy groups -OCH3 is 1. The van der Waals surface area contributed by atoms with Gasteiger partial charge in [-0.1, -0.05) is 27.7 Å². The Balaban J connectivity index is 0.00000176. The highest BCUT2D eigenvalue weighted by Gasteiger charge is 2.18. The molecule has 0 saturated heterocycles. The number of anilines is 1. The molecule has 4 nitrogen and oxygen atoms in total. The summed E-state index contributed by atoms with van der Waals surface area (Å²) in [5, 5.41) is 4.76. The highest BCUT2D eigenvalue weighted by Crippen LogP contribution is 2.36. The molecule has 0 spiro atoms. The first-order valence-corrected chi connectivity index (χ1v) is 11.6. The Hall–Kier alpha value is -2.47. The van der Waals surface area contributed by atoms with Crippen LogP contribution in [0.5, 0.6) is 5.75 Å². The highest BCUT2D eigenvalue weighted by molar-refractivity contribution is 6.08. The first kappa shape index (κ1) is 25.8. The molecule has 32 heavy (non-hydrogen) atoms. The van der Waals surface area contributed by atoms with Gasteiger partial charge in [0.1, 0.15) is 17.1 Å². The number of ether oxygens (including phenoxy) is 1. The molecule has 0 saturated carbocycles. The largest absolute Gasteiger partial charge is 0.497 e. The summed E-state index contributed by atoms with van der Waals surface area (Å²) in [6.45, 7) is 15.0. The molecule has 0 radical (unpaired) electrons. The first-order valence-electron chi connectivity index (χ1n) is 11.6. The van der Waals surface area contributed by atoms with E-state index in [1.807, 2.05) is 26.0 Å². The van der Waals surface area contributed by atoms with E-state index in [0.29, 0.717) is 22.3 Å². The van der Waals surface area contributed by atoms with Crippen LogP contribution in [0.15, 0.2) is 24.3 Å². The number of halogens is 2. The Morgan fingerprint density at radius 3 is 2.41 bits per heavy atom. The van der Waals surface area contributed by atoms with Gasteiger partial charge in [-0.25, -0.2) is 13.8 Å². The Morgan fingerprint density at radius 1 is 1.09 bits per heavy atom. The molecule has 0 amide bonds. The molecular formula is C26H37F2N3O. The molecule has 2 aromatic carbocycles. The maximum atomic E-state index is 14.9. The van der Waals surface area contributed by atoms with E-state index < -0.39 is 11.6 Å². The standard InChI is InChI=1S/C24H31F2N3O.C2H6/c1-6-29(7-2)12-8-9-15(3)27-23-18-13-17(30-5)10-11-21(18)28-24-19(23)14-20(25)16(4)22(24)26;1-2/h10-11,13-15H,6-9,12H2,1-5H3,(H,27,28);1-2H3. The summed E-state index contributed by atoms with van der Waals surface area (Å²) in [7, 11) is 1.60. The number of benzene rings is 2. The smallest absolute Gasteiger partial charge is 0.155 e. The van der Waals surface area contributed by atoms with Crippen molar-refractivity contribution in [2.45, 2.75) is 60.4 Å². The zero-order valence-corrected chi connectivity index (χ0v) is 20.5. The number of hydrogen-bond donors (Lipinski definition) is 1. The third-order valence-electron chi connectivity index (χ3n) is 5.79. The minimum Gasteiger partial charge on any atom is -0.497 e. The molecule has 1 heterocycles. The molecule has 0 aliphatic rings. The van der Waals surface area contributed by atoms with E-state index in [1.165, 1.54) is 13.0 Å². The van der Waals surface area contributed by atoms with E-state index in [-0.39, 0.29) is 17.1 Å². The van der Waals surface area contributed by atoms with Crippen LogP contribution in [-0.2, 0) is 0 Å². The predicted octanol–water partition coefficient (Wildman–Crippen LogP) is 6.93. The van der Waals surface area contributed by atoms with Gasteiger partial charge in [0.2, 0.25) is 0 Å². The van der Waals surface area contributed by atoms with Crippen LogP contribution in [-0.4, -0.2) is 42.7 Å². The van der Waals surface area contributed by atoms with Crippen molar-refractivity contribution in [3.63, 3.8) is 0 Å². The minimum atomic E-state index is -0.611. The van der Waals surface area contributed by atoms with Crippen LogP contribution in [0.4, 0.5) is 14.5 Å². The summed E-state index contributed by atoms with van der Waals surface area (Å²) in [5.41, 5.74) is 1.51. The molecule has 3 aromatic rings. The molecule has 0 aliphatic carbocycles. The van der Waals surface area contributed by atoms with Crippen LogP contribution < -0.4 is 10.1 Å². The molecular weight excluding hydrogens is 408 g/mol. The second-order valence-electron chi connectivity index (χ2n) is 7.78. The predicted molar refractivity (Wildman–Crippen MR) is 132 cm³/mol. The van der Waals surface area contributed by atoms with Gasteiger partial charge in [-0.15, -0.1) is 0 Å². The fraction of sp³-hybridized carbons (Fsp3) is 0.500. The fourth-order valence-corrected chi connectivity index (χ4v) is 3.84. The number of nitrogens with zero attached hydrogens (tertiary/aromatic N) is 2. The summed E-state index contributed by atoms with van der Waals surface area (Å²) in [6.07, 6.45) is 1.99. The summed E-state index contributed by atoms with van der Waals surface area (Å²) in [6, 6.07) is 6.98. The Labute approximate surface area is 191 Å². The summed E-state index contributed by atoms with van der Waals surface area (Å²) >= 11 is 0. The minimum absolute atomic E-state index is 0.0129. The third kappa shape index (κ3) is 5.66. The average molecular weight is 446 g/mol. The van der Waals surface area contributed by atoms with Crippen LogP contribution in [0.1, 0.15) is 53.0 Å². The molecule has 176 valence electrons. The number of rotatable bonds is 9. The zero-order valence-electron chi connectivity index (χ0n) is 20.5.